The maximum absolute atomic E-state index is 2.25. The van der Waals surface area contributed by atoms with E-state index in [0.717, 1.165) is 49.0 Å². The second-order valence-corrected chi connectivity index (χ2v) is 5.34. The van der Waals surface area contributed by atoms with Gasteiger partial charge in [0.1, 0.15) is 0 Å². The van der Waals surface area contributed by atoms with Gasteiger partial charge in [-0.1, -0.05) is 0 Å². The van der Waals surface area contributed by atoms with Crippen molar-refractivity contribution >= 4 is 49.0 Å². The Bertz CT molecular complexity index is 8.00. The van der Waals surface area contributed by atoms with Crippen LogP contribution in [-0.4, -0.2) is 49.0 Å². The van der Waals surface area contributed by atoms with Crippen molar-refractivity contribution in [3.63, 3.8) is 0 Å². The fourth-order valence-electron chi connectivity index (χ4n) is 0. The summed E-state index contributed by atoms with van der Waals surface area (Å²) in [5, 5.41) is 0. The van der Waals surface area contributed by atoms with Crippen molar-refractivity contribution in [2.45, 2.75) is 13.9 Å². The summed E-state index contributed by atoms with van der Waals surface area (Å²) in [6.07, 6.45) is 0. The average Bonchev–Trinajstić information content (AvgIpc) is 0.811. The molecule has 0 N–H and O–H groups in total. The summed E-state index contributed by atoms with van der Waals surface area (Å²) in [5.74, 6) is 0. The molecule has 0 aromatic carbocycles. The third-order valence-corrected chi connectivity index (χ3v) is 0. The molecule has 0 spiro atoms. The standard InChI is InChI=1S/C3H7.K/c1-3-2;/h3H,1-2H3;. The van der Waals surface area contributed by atoms with Crippen LogP contribution in [0, 0.1) is 0 Å². The second-order valence-electron chi connectivity index (χ2n) is 1.73. The van der Waals surface area contributed by atoms with Gasteiger partial charge in [-0.2, -0.15) is 0 Å². The quantitative estimate of drug-likeness (QED) is 0.382. The molecule has 0 saturated carbocycles. The van der Waals surface area contributed by atoms with Gasteiger partial charge in [0.05, 0.1) is 0 Å². The Kier molecular flexibility index (Phi) is 4.02. The van der Waals surface area contributed by atoms with E-state index in [1.165, 1.54) is 0 Å². The Labute approximate surface area is 61.6 Å². The first-order chi connectivity index (χ1) is 1.73. The summed E-state index contributed by atoms with van der Waals surface area (Å²) in [6.45, 7) is 4.50. The van der Waals surface area contributed by atoms with E-state index in [1.807, 2.05) is 0 Å². The van der Waals surface area contributed by atoms with Gasteiger partial charge >= 0.3 is 62.8 Å². The fraction of sp³-hybridized carbons (Fsp3) is 1.00. The van der Waals surface area contributed by atoms with Gasteiger partial charge in [0.2, 0.25) is 0 Å². The molecule has 20 valence electrons. The van der Waals surface area contributed by atoms with Crippen LogP contribution in [0.1, 0.15) is 13.8 Å². The van der Waals surface area contributed by atoms with Crippen LogP contribution in [0.3, 0.4) is 0 Å². The van der Waals surface area contributed by atoms with Gasteiger partial charge in [0, 0.05) is 0 Å². The summed E-state index contributed by atoms with van der Waals surface area (Å²) >= 11 is 1.06. The van der Waals surface area contributed by atoms with E-state index < -0.39 is 0 Å². The number of rotatable bonds is 0. The minimum absolute atomic E-state index is 1.02. The van der Waals surface area contributed by atoms with E-state index in [-0.39, 0.29) is 0 Å². The van der Waals surface area contributed by atoms with Crippen LogP contribution in [0.5, 0.6) is 0 Å². The van der Waals surface area contributed by atoms with Gasteiger partial charge in [0.15, 0.2) is 0 Å². The molecular formula is C3H7K. The summed E-state index contributed by atoms with van der Waals surface area (Å²) in [7, 11) is 0. The molecule has 0 saturated heterocycles. The van der Waals surface area contributed by atoms with Gasteiger partial charge in [-0.3, -0.25) is 0 Å². The molecule has 0 rings (SSSR count). The third-order valence-electron chi connectivity index (χ3n) is 0. The summed E-state index contributed by atoms with van der Waals surface area (Å²) < 4.78 is 1.02. The zero-order chi connectivity index (χ0) is 3.58. The normalized spacial score (nSPS) is 9.25. The predicted molar refractivity (Wildman–Crippen MR) is 20.9 cm³/mol. The molecule has 0 atom stereocenters. The van der Waals surface area contributed by atoms with E-state index in [2.05, 4.69) is 13.8 Å². The minimum atomic E-state index is 1.02. The summed E-state index contributed by atoms with van der Waals surface area (Å²) in [6, 6.07) is 0. The van der Waals surface area contributed by atoms with Crippen molar-refractivity contribution in [1.82, 2.24) is 0 Å². The Morgan fingerprint density at radius 1 is 1.50 bits per heavy atom. The van der Waals surface area contributed by atoms with Crippen LogP contribution in [0.2, 0.25) is 0.0125 Å². The van der Waals surface area contributed by atoms with Crippen LogP contribution >= 0.6 is 0 Å². The first-order valence-electron chi connectivity index (χ1n) is 1.73. The molecule has 0 nitrogen and oxygen atoms in total. The molecule has 0 aliphatic heterocycles. The van der Waals surface area contributed by atoms with Crippen molar-refractivity contribution in [3.05, 3.63) is 0 Å². The van der Waals surface area contributed by atoms with E-state index in [1.54, 1.807) is 0 Å². The Morgan fingerprint density at radius 3 is 1.50 bits per heavy atom. The van der Waals surface area contributed by atoms with Crippen LogP contribution in [0.4, 0.5) is 0 Å². The van der Waals surface area contributed by atoms with E-state index in [0.29, 0.717) is 0 Å². The molecule has 0 radical (unpaired) electrons. The van der Waals surface area contributed by atoms with Crippen LogP contribution < -0.4 is 0 Å². The van der Waals surface area contributed by atoms with Crippen LogP contribution in [0.25, 0.3) is 0 Å². The van der Waals surface area contributed by atoms with E-state index >= 15 is 0 Å². The molecule has 1 heteroatoms. The van der Waals surface area contributed by atoms with Gasteiger partial charge in [-0.25, -0.2) is 0 Å². The van der Waals surface area contributed by atoms with Gasteiger partial charge < -0.3 is 0 Å². The van der Waals surface area contributed by atoms with E-state index in [9.17, 15) is 0 Å². The Hall–Kier alpha value is 1.64. The summed E-state index contributed by atoms with van der Waals surface area (Å²) in [5.41, 5.74) is 0. The molecule has 0 aromatic heterocycles. The van der Waals surface area contributed by atoms with Crippen molar-refractivity contribution in [2.75, 3.05) is 0 Å². The van der Waals surface area contributed by atoms with Gasteiger partial charge in [0.25, 0.3) is 0 Å². The fourth-order valence-corrected chi connectivity index (χ4v) is 0. The first-order valence-corrected chi connectivity index (χ1v) is 3.54. The monoisotopic (exact) mass is 82.0 g/mol. The molecule has 0 aliphatic carbocycles. The van der Waals surface area contributed by atoms with Gasteiger partial charge in [-0.05, 0) is 0 Å². The van der Waals surface area contributed by atoms with Crippen LogP contribution in [-0.2, 0) is 0 Å². The zero-order valence-corrected chi connectivity index (χ0v) is 6.70. The molecule has 0 bridgehead atoms. The second kappa shape index (κ2) is 2.85. The molecule has 0 aliphatic rings. The van der Waals surface area contributed by atoms with Crippen molar-refractivity contribution in [2.24, 2.45) is 0 Å². The molecule has 0 amide bonds. The number of hydrogen-bond donors (Lipinski definition) is 0. The first kappa shape index (κ1) is 5.64. The van der Waals surface area contributed by atoms with Crippen molar-refractivity contribution in [3.8, 4) is 0 Å². The van der Waals surface area contributed by atoms with E-state index in [4.69, 9.17) is 0 Å². The SMILES string of the molecule is C[CH](C)[K]. The van der Waals surface area contributed by atoms with Crippen LogP contribution in [0.15, 0.2) is 0 Å². The maximum atomic E-state index is 2.25. The molecule has 0 unspecified atom stereocenters. The topological polar surface area (TPSA) is 0 Å². The molecule has 0 heterocycles. The zero-order valence-electron chi connectivity index (χ0n) is 3.58. The number of hydrogen-bond acceptors (Lipinski definition) is 0. The predicted octanol–water partition coefficient (Wildman–Crippen LogP) is 0.983. The summed E-state index contributed by atoms with van der Waals surface area (Å²) in [4.78, 5) is 0. The van der Waals surface area contributed by atoms with Crippen molar-refractivity contribution < 1.29 is 0 Å². The molecule has 0 fully saturated rings. The Morgan fingerprint density at radius 2 is 1.50 bits per heavy atom. The van der Waals surface area contributed by atoms with Crippen molar-refractivity contribution in [1.29, 1.82) is 0 Å². The average molecular weight is 82.2 g/mol. The molecular weight excluding hydrogens is 75.1 g/mol. The Balaban J connectivity index is 2.32. The van der Waals surface area contributed by atoms with Gasteiger partial charge in [-0.15, -0.1) is 0 Å². The molecule has 4 heavy (non-hydrogen) atoms. The molecule has 0 aromatic rings. The third kappa shape index (κ3) is 9.44.